The lowest BCUT2D eigenvalue weighted by molar-refractivity contribution is -0.119. The highest BCUT2D eigenvalue weighted by Crippen LogP contribution is 2.21. The second-order valence-corrected chi connectivity index (χ2v) is 4.70. The molecule has 0 radical (unpaired) electrons. The summed E-state index contributed by atoms with van der Waals surface area (Å²) in [4.78, 5) is 36.4. The van der Waals surface area contributed by atoms with Crippen molar-refractivity contribution >= 4 is 23.3 Å². The Balaban J connectivity index is 1.89. The number of rotatable bonds is 3. The number of carbonyl (C=O) groups excluding carboxylic acids is 3. The second kappa shape index (κ2) is 5.37. The van der Waals surface area contributed by atoms with Crippen molar-refractivity contribution in [2.24, 2.45) is 0 Å². The van der Waals surface area contributed by atoms with Crippen molar-refractivity contribution in [3.8, 4) is 0 Å². The van der Waals surface area contributed by atoms with Crippen molar-refractivity contribution in [3.05, 3.63) is 77.6 Å². The molecule has 2 aromatic rings. The maximum Gasteiger partial charge on any atom is 0.258 e. The van der Waals surface area contributed by atoms with Gasteiger partial charge in [-0.15, -0.1) is 0 Å². The number of benzene rings is 2. The number of imide groups is 1. The molecule has 0 aliphatic carbocycles. The number of amides is 2. The number of hydrogen-bond acceptors (Lipinski definition) is 3. The predicted octanol–water partition coefficient (Wildman–Crippen LogP) is 2.49. The molecule has 0 N–H and O–H groups in total. The average Bonchev–Trinajstić information content (AvgIpc) is 2.86. The smallest absolute Gasteiger partial charge is 0.258 e. The van der Waals surface area contributed by atoms with Crippen molar-refractivity contribution in [2.45, 2.75) is 0 Å². The summed E-state index contributed by atoms with van der Waals surface area (Å²) in [7, 11) is 0. The molecule has 1 heterocycles. The van der Waals surface area contributed by atoms with E-state index in [1.165, 1.54) is 54.6 Å². The van der Waals surface area contributed by atoms with Crippen LogP contribution in [-0.4, -0.2) is 17.6 Å². The number of carbonyl (C=O) groups is 3. The van der Waals surface area contributed by atoms with E-state index in [1.807, 2.05) is 0 Å². The Morgan fingerprint density at radius 3 is 2.05 bits per heavy atom. The van der Waals surface area contributed by atoms with Gasteiger partial charge in [0, 0.05) is 17.7 Å². The third-order valence-corrected chi connectivity index (χ3v) is 3.32. The van der Waals surface area contributed by atoms with Crippen molar-refractivity contribution in [1.82, 2.24) is 0 Å². The molecule has 2 aromatic carbocycles. The quantitative estimate of drug-likeness (QED) is 0.645. The molecule has 0 bridgehead atoms. The summed E-state index contributed by atoms with van der Waals surface area (Å²) < 4.78 is 13.6. The third-order valence-electron chi connectivity index (χ3n) is 3.32. The third kappa shape index (κ3) is 2.33. The van der Waals surface area contributed by atoms with E-state index in [-0.39, 0.29) is 11.1 Å². The number of halogens is 1. The maximum atomic E-state index is 13.6. The lowest BCUT2D eigenvalue weighted by Crippen LogP contribution is -2.29. The molecule has 0 aromatic heterocycles. The summed E-state index contributed by atoms with van der Waals surface area (Å²) in [5, 5.41) is 0. The van der Waals surface area contributed by atoms with Gasteiger partial charge in [-0.3, -0.25) is 14.4 Å². The fourth-order valence-corrected chi connectivity index (χ4v) is 2.22. The van der Waals surface area contributed by atoms with Crippen LogP contribution in [0.1, 0.15) is 15.9 Å². The average molecular weight is 295 g/mol. The van der Waals surface area contributed by atoms with Gasteiger partial charge in [-0.2, -0.15) is 0 Å². The molecule has 22 heavy (non-hydrogen) atoms. The maximum absolute atomic E-state index is 13.6. The molecule has 1 aliphatic rings. The summed E-state index contributed by atoms with van der Waals surface area (Å²) in [6.45, 7) is 0. The molecular weight excluding hydrogens is 285 g/mol. The van der Waals surface area contributed by atoms with Crippen LogP contribution in [0.15, 0.2) is 60.7 Å². The van der Waals surface area contributed by atoms with Gasteiger partial charge in [0.15, 0.2) is 5.78 Å². The molecule has 5 heteroatoms. The first-order chi connectivity index (χ1) is 10.6. The summed E-state index contributed by atoms with van der Waals surface area (Å²) in [5.41, 5.74) is 0.622. The lowest BCUT2D eigenvalue weighted by atomic mass is 10.0. The van der Waals surface area contributed by atoms with E-state index in [0.29, 0.717) is 5.69 Å². The van der Waals surface area contributed by atoms with Gasteiger partial charge < -0.3 is 0 Å². The van der Waals surface area contributed by atoms with E-state index < -0.39 is 23.4 Å². The molecule has 0 fully saturated rings. The van der Waals surface area contributed by atoms with Gasteiger partial charge in [-0.05, 0) is 36.4 Å². The predicted molar refractivity (Wildman–Crippen MR) is 77.9 cm³/mol. The highest BCUT2D eigenvalue weighted by Gasteiger charge is 2.25. The van der Waals surface area contributed by atoms with Crippen LogP contribution < -0.4 is 4.90 Å². The first-order valence-corrected chi connectivity index (χ1v) is 6.53. The number of anilines is 1. The summed E-state index contributed by atoms with van der Waals surface area (Å²) in [6, 6.07) is 11.6. The van der Waals surface area contributed by atoms with Crippen LogP contribution in [0.3, 0.4) is 0 Å². The number of hydrogen-bond donors (Lipinski definition) is 0. The Kier molecular flexibility index (Phi) is 3.39. The van der Waals surface area contributed by atoms with Crippen molar-refractivity contribution in [2.75, 3.05) is 4.90 Å². The van der Waals surface area contributed by atoms with E-state index >= 15 is 0 Å². The van der Waals surface area contributed by atoms with E-state index in [9.17, 15) is 18.8 Å². The lowest BCUT2D eigenvalue weighted by Gasteiger charge is -2.14. The van der Waals surface area contributed by atoms with Gasteiger partial charge in [0.25, 0.3) is 11.8 Å². The van der Waals surface area contributed by atoms with Crippen molar-refractivity contribution in [3.63, 3.8) is 0 Å². The Labute approximate surface area is 125 Å². The van der Waals surface area contributed by atoms with Crippen LogP contribution in [0.5, 0.6) is 0 Å². The van der Waals surface area contributed by atoms with Crippen LogP contribution >= 0.6 is 0 Å². The van der Waals surface area contributed by atoms with Crippen LogP contribution in [0.25, 0.3) is 0 Å². The molecule has 0 saturated carbocycles. The van der Waals surface area contributed by atoms with Crippen LogP contribution in [0.2, 0.25) is 0 Å². The highest BCUT2D eigenvalue weighted by atomic mass is 19.1. The topological polar surface area (TPSA) is 54.5 Å². The fraction of sp³-hybridized carbons (Fsp3) is 0. The van der Waals surface area contributed by atoms with Gasteiger partial charge in [0.05, 0.1) is 11.3 Å². The van der Waals surface area contributed by atoms with Gasteiger partial charge >= 0.3 is 0 Å². The van der Waals surface area contributed by atoms with Gasteiger partial charge in [0.1, 0.15) is 5.82 Å². The Hall–Kier alpha value is -3.08. The van der Waals surface area contributed by atoms with Gasteiger partial charge in [-0.1, -0.05) is 12.1 Å². The fourth-order valence-electron chi connectivity index (χ4n) is 2.22. The highest BCUT2D eigenvalue weighted by molar-refractivity contribution is 6.28. The Morgan fingerprint density at radius 2 is 1.45 bits per heavy atom. The van der Waals surface area contributed by atoms with E-state index in [1.54, 1.807) is 6.07 Å². The molecule has 3 rings (SSSR count). The van der Waals surface area contributed by atoms with Crippen LogP contribution in [0, 0.1) is 5.82 Å². The molecule has 1 aliphatic heterocycles. The molecule has 0 atom stereocenters. The SMILES string of the molecule is O=C(c1ccc(N2C(=O)C=CC2=O)cc1)c1ccccc1F. The van der Waals surface area contributed by atoms with Gasteiger partial charge in [0.2, 0.25) is 0 Å². The summed E-state index contributed by atoms with van der Waals surface area (Å²) >= 11 is 0. The number of ketones is 1. The zero-order valence-corrected chi connectivity index (χ0v) is 11.3. The zero-order chi connectivity index (χ0) is 15.7. The molecule has 0 unspecified atom stereocenters. The molecule has 108 valence electrons. The monoisotopic (exact) mass is 295 g/mol. The largest absolute Gasteiger partial charge is 0.288 e. The molecule has 4 nitrogen and oxygen atoms in total. The molecule has 0 spiro atoms. The molecule has 0 saturated heterocycles. The van der Waals surface area contributed by atoms with Gasteiger partial charge in [-0.25, -0.2) is 9.29 Å². The minimum Gasteiger partial charge on any atom is -0.288 e. The van der Waals surface area contributed by atoms with E-state index in [0.717, 1.165) is 4.90 Å². The Bertz CT molecular complexity index is 791. The van der Waals surface area contributed by atoms with Crippen molar-refractivity contribution in [1.29, 1.82) is 0 Å². The standard InChI is InChI=1S/C17H10FNO3/c18-14-4-2-1-3-13(14)17(22)11-5-7-12(8-6-11)19-15(20)9-10-16(19)21/h1-10H. The zero-order valence-electron chi connectivity index (χ0n) is 11.3. The minimum atomic E-state index is -0.592. The minimum absolute atomic E-state index is 0.0229. The summed E-state index contributed by atoms with van der Waals surface area (Å²) in [5.74, 6) is -1.91. The van der Waals surface area contributed by atoms with Crippen molar-refractivity contribution < 1.29 is 18.8 Å². The normalized spacial score (nSPS) is 13.8. The summed E-state index contributed by atoms with van der Waals surface area (Å²) in [6.07, 6.45) is 2.36. The first kappa shape index (κ1) is 13.9. The first-order valence-electron chi connectivity index (χ1n) is 6.53. The second-order valence-electron chi connectivity index (χ2n) is 4.70. The molecule has 2 amide bonds. The number of nitrogens with zero attached hydrogens (tertiary/aromatic N) is 1. The van der Waals surface area contributed by atoms with E-state index in [4.69, 9.17) is 0 Å². The Morgan fingerprint density at radius 1 is 0.864 bits per heavy atom. The van der Waals surface area contributed by atoms with Crippen LogP contribution in [-0.2, 0) is 9.59 Å². The molecular formula is C17H10FNO3. The van der Waals surface area contributed by atoms with E-state index in [2.05, 4.69) is 0 Å². The van der Waals surface area contributed by atoms with Crippen LogP contribution in [0.4, 0.5) is 10.1 Å².